The minimum absolute atomic E-state index is 0.00592. The average molecular weight is 466 g/mol. The van der Waals surface area contributed by atoms with E-state index in [0.29, 0.717) is 28.1 Å². The molecule has 2 rings (SSSR count). The first kappa shape index (κ1) is 22.4. The van der Waals surface area contributed by atoms with Crippen molar-refractivity contribution >= 4 is 34.0 Å². The lowest BCUT2D eigenvalue weighted by atomic mass is 10.2. The molecule has 0 aromatic heterocycles. The highest BCUT2D eigenvalue weighted by molar-refractivity contribution is 9.10. The van der Waals surface area contributed by atoms with E-state index >= 15 is 0 Å². The number of nitrogens with one attached hydrogen (secondary N) is 2. The molecule has 7 nitrogen and oxygen atoms in total. The van der Waals surface area contributed by atoms with Crippen molar-refractivity contribution in [2.75, 3.05) is 20.3 Å². The number of hydrogen-bond acceptors (Lipinski definition) is 5. The molecular weight excluding hydrogens is 445 g/mol. The second kappa shape index (κ2) is 11.2. The van der Waals surface area contributed by atoms with Crippen LogP contribution in [0.4, 0.5) is 4.39 Å². The van der Waals surface area contributed by atoms with Crippen LogP contribution in [0.1, 0.15) is 29.3 Å². The van der Waals surface area contributed by atoms with Crippen LogP contribution in [0.2, 0.25) is 0 Å². The predicted octanol–water partition coefficient (Wildman–Crippen LogP) is 3.27. The number of benzene rings is 2. The van der Waals surface area contributed by atoms with E-state index in [-0.39, 0.29) is 18.5 Å². The molecule has 0 saturated carbocycles. The van der Waals surface area contributed by atoms with Crippen molar-refractivity contribution in [3.8, 4) is 11.5 Å². The number of methoxy groups -OCH3 is 1. The molecule has 9 heteroatoms. The molecule has 2 N–H and O–H groups in total. The SMILES string of the molecule is CCOc1cc(C=NNC(=O)CCNC(=O)c2ccccc2F)cc(Br)c1OC. The standard InChI is InChI=1S/C20H21BrFN3O4/c1-3-29-17-11-13(10-15(21)19(17)28-2)12-24-25-18(26)8-9-23-20(27)14-6-4-5-7-16(14)22/h4-7,10-12H,3,8-9H2,1-2H3,(H,23,27)(H,25,26). The average Bonchev–Trinajstić information content (AvgIpc) is 2.68. The lowest BCUT2D eigenvalue weighted by Crippen LogP contribution is -2.29. The monoisotopic (exact) mass is 465 g/mol. The third-order valence-corrected chi connectivity index (χ3v) is 4.28. The lowest BCUT2D eigenvalue weighted by Gasteiger charge is -2.11. The van der Waals surface area contributed by atoms with E-state index in [1.54, 1.807) is 25.3 Å². The largest absolute Gasteiger partial charge is 0.492 e. The molecule has 0 fully saturated rings. The lowest BCUT2D eigenvalue weighted by molar-refractivity contribution is -0.120. The number of amides is 2. The minimum atomic E-state index is -0.615. The van der Waals surface area contributed by atoms with Gasteiger partial charge in [-0.25, -0.2) is 9.82 Å². The van der Waals surface area contributed by atoms with Gasteiger partial charge in [-0.05, 0) is 52.7 Å². The summed E-state index contributed by atoms with van der Waals surface area (Å²) in [5, 5.41) is 6.39. The Morgan fingerprint density at radius 2 is 2.03 bits per heavy atom. The molecule has 0 bridgehead atoms. The summed E-state index contributed by atoms with van der Waals surface area (Å²) in [5.41, 5.74) is 2.99. The van der Waals surface area contributed by atoms with E-state index < -0.39 is 17.6 Å². The van der Waals surface area contributed by atoms with Crippen LogP contribution >= 0.6 is 15.9 Å². The van der Waals surface area contributed by atoms with Crippen molar-refractivity contribution in [3.63, 3.8) is 0 Å². The van der Waals surface area contributed by atoms with Gasteiger partial charge in [-0.1, -0.05) is 12.1 Å². The molecule has 0 aliphatic carbocycles. The summed E-state index contributed by atoms with van der Waals surface area (Å²) in [7, 11) is 1.54. The van der Waals surface area contributed by atoms with Gasteiger partial charge >= 0.3 is 0 Å². The molecule has 0 atom stereocenters. The van der Waals surface area contributed by atoms with Gasteiger partial charge in [0.05, 0.1) is 30.0 Å². The zero-order valence-corrected chi connectivity index (χ0v) is 17.6. The Hall–Kier alpha value is -2.94. The summed E-state index contributed by atoms with van der Waals surface area (Å²) in [4.78, 5) is 23.7. The van der Waals surface area contributed by atoms with Crippen LogP contribution in [0.25, 0.3) is 0 Å². The smallest absolute Gasteiger partial charge is 0.254 e. The Morgan fingerprint density at radius 1 is 1.28 bits per heavy atom. The van der Waals surface area contributed by atoms with Crippen molar-refractivity contribution in [2.24, 2.45) is 5.10 Å². The Morgan fingerprint density at radius 3 is 2.72 bits per heavy atom. The van der Waals surface area contributed by atoms with E-state index in [2.05, 4.69) is 31.8 Å². The first-order valence-corrected chi connectivity index (χ1v) is 9.60. The van der Waals surface area contributed by atoms with E-state index in [1.807, 2.05) is 6.92 Å². The first-order chi connectivity index (χ1) is 14.0. The topological polar surface area (TPSA) is 89.0 Å². The maximum absolute atomic E-state index is 13.5. The van der Waals surface area contributed by atoms with Crippen molar-refractivity contribution in [3.05, 3.63) is 57.8 Å². The highest BCUT2D eigenvalue weighted by Gasteiger charge is 2.11. The molecule has 154 valence electrons. The molecule has 0 unspecified atom stereocenters. The van der Waals surface area contributed by atoms with E-state index in [4.69, 9.17) is 9.47 Å². The molecule has 0 heterocycles. The van der Waals surface area contributed by atoms with Gasteiger partial charge in [0.1, 0.15) is 5.82 Å². The fourth-order valence-electron chi connectivity index (χ4n) is 2.39. The van der Waals surface area contributed by atoms with Crippen LogP contribution in [0.15, 0.2) is 46.0 Å². The van der Waals surface area contributed by atoms with E-state index in [9.17, 15) is 14.0 Å². The third kappa shape index (κ3) is 6.56. The number of halogens is 2. The number of hydrazone groups is 1. The molecule has 2 amide bonds. The van der Waals surface area contributed by atoms with Gasteiger partial charge in [-0.3, -0.25) is 9.59 Å². The van der Waals surface area contributed by atoms with Crippen molar-refractivity contribution in [2.45, 2.75) is 13.3 Å². The molecule has 29 heavy (non-hydrogen) atoms. The molecule has 2 aromatic rings. The molecule has 0 saturated heterocycles. The van der Waals surface area contributed by atoms with Gasteiger partial charge in [0.25, 0.3) is 5.91 Å². The number of hydrogen-bond donors (Lipinski definition) is 2. The Balaban J connectivity index is 1.85. The van der Waals surface area contributed by atoms with Crippen LogP contribution < -0.4 is 20.2 Å². The van der Waals surface area contributed by atoms with E-state index in [1.165, 1.54) is 24.4 Å². The third-order valence-electron chi connectivity index (χ3n) is 3.69. The molecule has 0 aliphatic rings. The quantitative estimate of drug-likeness (QED) is 0.439. The summed E-state index contributed by atoms with van der Waals surface area (Å²) in [6.07, 6.45) is 1.45. The van der Waals surface area contributed by atoms with Gasteiger partial charge in [-0.15, -0.1) is 0 Å². The molecule has 0 radical (unpaired) electrons. The Kier molecular flexibility index (Phi) is 8.60. The van der Waals surface area contributed by atoms with Crippen LogP contribution in [0.5, 0.6) is 11.5 Å². The van der Waals surface area contributed by atoms with Crippen LogP contribution in [-0.4, -0.2) is 38.3 Å². The maximum atomic E-state index is 13.5. The van der Waals surface area contributed by atoms with Crippen molar-refractivity contribution in [1.29, 1.82) is 0 Å². The Bertz CT molecular complexity index is 905. The fraction of sp³-hybridized carbons (Fsp3) is 0.250. The summed E-state index contributed by atoms with van der Waals surface area (Å²) in [6.45, 7) is 2.38. The van der Waals surface area contributed by atoms with Gasteiger partial charge in [-0.2, -0.15) is 5.10 Å². The van der Waals surface area contributed by atoms with Crippen LogP contribution in [0, 0.1) is 5.82 Å². The molecule has 0 aliphatic heterocycles. The molecule has 2 aromatic carbocycles. The maximum Gasteiger partial charge on any atom is 0.254 e. The zero-order valence-electron chi connectivity index (χ0n) is 16.0. The van der Waals surface area contributed by atoms with Gasteiger partial charge in [0.2, 0.25) is 5.91 Å². The summed E-state index contributed by atoms with van der Waals surface area (Å²) in [6, 6.07) is 9.14. The first-order valence-electron chi connectivity index (χ1n) is 8.81. The number of carbonyl (C=O) groups excluding carboxylic acids is 2. The van der Waals surface area contributed by atoms with Crippen molar-refractivity contribution in [1.82, 2.24) is 10.7 Å². The predicted molar refractivity (Wildman–Crippen MR) is 111 cm³/mol. The highest BCUT2D eigenvalue weighted by Crippen LogP contribution is 2.36. The zero-order chi connectivity index (χ0) is 21.2. The highest BCUT2D eigenvalue weighted by atomic mass is 79.9. The second-order valence-electron chi connectivity index (χ2n) is 5.75. The van der Waals surface area contributed by atoms with Gasteiger partial charge in [0, 0.05) is 13.0 Å². The fourth-order valence-corrected chi connectivity index (χ4v) is 3.01. The number of rotatable bonds is 9. The van der Waals surface area contributed by atoms with Crippen molar-refractivity contribution < 1.29 is 23.5 Å². The second-order valence-corrected chi connectivity index (χ2v) is 6.60. The molecular formula is C20H21BrFN3O4. The Labute approximate surface area is 176 Å². The summed E-state index contributed by atoms with van der Waals surface area (Å²) in [5.74, 6) is -0.471. The number of carbonyl (C=O) groups is 2. The minimum Gasteiger partial charge on any atom is -0.492 e. The summed E-state index contributed by atoms with van der Waals surface area (Å²) >= 11 is 3.40. The number of ether oxygens (including phenoxy) is 2. The normalized spacial score (nSPS) is 10.6. The molecule has 0 spiro atoms. The van der Waals surface area contributed by atoms with Crippen LogP contribution in [0.3, 0.4) is 0 Å². The van der Waals surface area contributed by atoms with E-state index in [0.717, 1.165) is 0 Å². The van der Waals surface area contributed by atoms with Gasteiger partial charge in [0.15, 0.2) is 11.5 Å². The number of nitrogens with zero attached hydrogens (tertiary/aromatic N) is 1. The summed E-state index contributed by atoms with van der Waals surface area (Å²) < 4.78 is 25.0. The van der Waals surface area contributed by atoms with Crippen LogP contribution in [-0.2, 0) is 4.79 Å². The van der Waals surface area contributed by atoms with Gasteiger partial charge < -0.3 is 14.8 Å².